The second kappa shape index (κ2) is 5.79. The minimum Gasteiger partial charge on any atom is -0.365 e. The minimum absolute atomic E-state index is 0.0246. The molecule has 2 fully saturated rings. The average molecular weight is 313 g/mol. The molecule has 2 aliphatic heterocycles. The Labute approximate surface area is 134 Å². The lowest BCUT2D eigenvalue weighted by Gasteiger charge is -2.36. The summed E-state index contributed by atoms with van der Waals surface area (Å²) in [6, 6.07) is 11.8. The van der Waals surface area contributed by atoms with Gasteiger partial charge in [0.05, 0.1) is 17.8 Å². The summed E-state index contributed by atoms with van der Waals surface area (Å²) in [6.07, 6.45) is 0.0425. The summed E-state index contributed by atoms with van der Waals surface area (Å²) in [4.78, 5) is 16.5. The summed E-state index contributed by atoms with van der Waals surface area (Å²) in [6.45, 7) is 4.32. The van der Waals surface area contributed by atoms with Crippen LogP contribution in [0.2, 0.25) is 0 Å². The normalized spacial score (nSPS) is 24.9. The summed E-state index contributed by atoms with van der Waals surface area (Å²) >= 11 is 0. The van der Waals surface area contributed by atoms with Gasteiger partial charge in [0.15, 0.2) is 0 Å². The minimum atomic E-state index is 0.0246. The van der Waals surface area contributed by atoms with Crippen molar-refractivity contribution in [3.05, 3.63) is 47.9 Å². The van der Waals surface area contributed by atoms with E-state index in [1.165, 1.54) is 0 Å². The zero-order valence-electron chi connectivity index (χ0n) is 13.0. The molecule has 0 N–H and O–H groups in total. The van der Waals surface area contributed by atoms with Crippen molar-refractivity contribution >= 4 is 11.6 Å². The summed E-state index contributed by atoms with van der Waals surface area (Å²) in [5.74, 6) is 0.838. The van der Waals surface area contributed by atoms with Gasteiger partial charge in [0.25, 0.3) is 5.91 Å². The number of nitrogens with zero attached hydrogens (tertiary/aromatic N) is 3. The Morgan fingerprint density at radius 2 is 2.09 bits per heavy atom. The van der Waals surface area contributed by atoms with E-state index in [-0.39, 0.29) is 24.7 Å². The van der Waals surface area contributed by atoms with Gasteiger partial charge in [0.1, 0.15) is 12.4 Å². The van der Waals surface area contributed by atoms with Gasteiger partial charge < -0.3 is 14.2 Å². The molecule has 0 saturated carbocycles. The number of hydrogen-bond acceptors (Lipinski definition) is 5. The van der Waals surface area contributed by atoms with Gasteiger partial charge in [-0.1, -0.05) is 23.4 Å². The molecule has 4 rings (SSSR count). The molecule has 1 amide bonds. The number of rotatable bonds is 3. The van der Waals surface area contributed by atoms with Crippen LogP contribution in [0.15, 0.2) is 40.9 Å². The van der Waals surface area contributed by atoms with Gasteiger partial charge in [-0.2, -0.15) is 0 Å². The van der Waals surface area contributed by atoms with Crippen LogP contribution < -0.4 is 4.90 Å². The number of aryl methyl sites for hydroxylation is 1. The predicted molar refractivity (Wildman–Crippen MR) is 84.0 cm³/mol. The topological polar surface area (TPSA) is 58.8 Å². The number of para-hydroxylation sites is 1. The number of hydrogen-bond donors (Lipinski definition) is 0. The second-order valence-electron chi connectivity index (χ2n) is 6.14. The Hall–Kier alpha value is -2.18. The third-order valence-corrected chi connectivity index (χ3v) is 4.43. The van der Waals surface area contributed by atoms with Crippen LogP contribution in [0.1, 0.15) is 11.5 Å². The maximum atomic E-state index is 12.4. The van der Waals surface area contributed by atoms with E-state index in [4.69, 9.17) is 9.26 Å². The molecule has 0 radical (unpaired) electrons. The molecule has 0 aliphatic carbocycles. The molecule has 0 bridgehead atoms. The van der Waals surface area contributed by atoms with Gasteiger partial charge in [-0.25, -0.2) is 0 Å². The predicted octanol–water partition coefficient (Wildman–Crippen LogP) is 1.60. The van der Waals surface area contributed by atoms with E-state index in [1.807, 2.05) is 48.2 Å². The molecular formula is C17H19N3O3. The third-order valence-electron chi connectivity index (χ3n) is 4.43. The second-order valence-corrected chi connectivity index (χ2v) is 6.14. The number of fused-ring (bicyclic) bond motifs is 1. The van der Waals surface area contributed by atoms with Gasteiger partial charge in [-0.15, -0.1) is 0 Å². The van der Waals surface area contributed by atoms with Crippen molar-refractivity contribution < 1.29 is 14.1 Å². The molecule has 120 valence electrons. The zero-order chi connectivity index (χ0) is 15.8. The highest BCUT2D eigenvalue weighted by Gasteiger charge is 2.43. The van der Waals surface area contributed by atoms with Crippen molar-refractivity contribution in [1.29, 1.82) is 0 Å². The van der Waals surface area contributed by atoms with Gasteiger partial charge in [-0.3, -0.25) is 9.69 Å². The molecule has 1 aromatic carbocycles. The van der Waals surface area contributed by atoms with Crippen molar-refractivity contribution in [1.82, 2.24) is 10.1 Å². The molecule has 0 unspecified atom stereocenters. The highest BCUT2D eigenvalue weighted by atomic mass is 16.5. The highest BCUT2D eigenvalue weighted by Crippen LogP contribution is 2.29. The molecule has 6 heteroatoms. The molecule has 6 nitrogen and oxygen atoms in total. The number of aromatic nitrogens is 1. The number of morpholine rings is 1. The van der Waals surface area contributed by atoms with E-state index in [0.717, 1.165) is 30.2 Å². The molecule has 1 aromatic heterocycles. The van der Waals surface area contributed by atoms with Gasteiger partial charge in [-0.05, 0) is 19.1 Å². The van der Waals surface area contributed by atoms with Crippen molar-refractivity contribution in [2.45, 2.75) is 25.6 Å². The lowest BCUT2D eigenvalue weighted by molar-refractivity contribution is -0.130. The Bertz CT molecular complexity index is 700. The summed E-state index contributed by atoms with van der Waals surface area (Å²) in [5.41, 5.74) is 1.86. The van der Waals surface area contributed by atoms with E-state index in [0.29, 0.717) is 6.54 Å². The molecule has 2 saturated heterocycles. The Balaban J connectivity index is 1.53. The van der Waals surface area contributed by atoms with Crippen molar-refractivity contribution in [3.63, 3.8) is 0 Å². The lowest BCUT2D eigenvalue weighted by atomic mass is 10.1. The molecule has 23 heavy (non-hydrogen) atoms. The Morgan fingerprint density at radius 1 is 1.26 bits per heavy atom. The quantitative estimate of drug-likeness (QED) is 0.861. The van der Waals surface area contributed by atoms with Crippen LogP contribution in [0.5, 0.6) is 0 Å². The zero-order valence-corrected chi connectivity index (χ0v) is 13.0. The Morgan fingerprint density at radius 3 is 2.83 bits per heavy atom. The van der Waals surface area contributed by atoms with Crippen LogP contribution in [0, 0.1) is 6.92 Å². The maximum Gasteiger partial charge on any atom is 0.253 e. The fourth-order valence-electron chi connectivity index (χ4n) is 3.45. The largest absolute Gasteiger partial charge is 0.365 e. The Kier molecular flexibility index (Phi) is 3.63. The van der Waals surface area contributed by atoms with Gasteiger partial charge in [0, 0.05) is 31.4 Å². The highest BCUT2D eigenvalue weighted by molar-refractivity contribution is 5.95. The van der Waals surface area contributed by atoms with E-state index in [2.05, 4.69) is 10.1 Å². The first kappa shape index (κ1) is 14.4. The van der Waals surface area contributed by atoms with Gasteiger partial charge >= 0.3 is 0 Å². The van der Waals surface area contributed by atoms with Gasteiger partial charge in [0.2, 0.25) is 0 Å². The van der Waals surface area contributed by atoms with Crippen LogP contribution in [0.4, 0.5) is 5.69 Å². The SMILES string of the molecule is Cc1cc(CN2C[C@@H]3OCC(=O)N(c4ccccc4)[C@H]3C2)no1. The first-order chi connectivity index (χ1) is 11.2. The number of likely N-dealkylation sites (tertiary alicyclic amines) is 1. The van der Waals surface area contributed by atoms with E-state index in [1.54, 1.807) is 0 Å². The molecule has 0 spiro atoms. The number of benzene rings is 1. The van der Waals surface area contributed by atoms with E-state index >= 15 is 0 Å². The van der Waals surface area contributed by atoms with Crippen LogP contribution in [-0.4, -0.2) is 47.8 Å². The number of carbonyl (C=O) groups excluding carboxylic acids is 1. The van der Waals surface area contributed by atoms with Crippen LogP contribution in [-0.2, 0) is 16.1 Å². The van der Waals surface area contributed by atoms with E-state index < -0.39 is 0 Å². The first-order valence-electron chi connectivity index (χ1n) is 7.84. The smallest absolute Gasteiger partial charge is 0.253 e. The fourth-order valence-corrected chi connectivity index (χ4v) is 3.45. The fraction of sp³-hybridized carbons (Fsp3) is 0.412. The molecular weight excluding hydrogens is 294 g/mol. The van der Waals surface area contributed by atoms with Crippen molar-refractivity contribution in [2.75, 3.05) is 24.6 Å². The van der Waals surface area contributed by atoms with Crippen LogP contribution in [0.3, 0.4) is 0 Å². The average Bonchev–Trinajstić information content (AvgIpc) is 3.14. The van der Waals surface area contributed by atoms with Crippen LogP contribution in [0.25, 0.3) is 0 Å². The number of anilines is 1. The molecule has 3 heterocycles. The molecule has 2 aromatic rings. The summed E-state index contributed by atoms with van der Waals surface area (Å²) in [7, 11) is 0. The van der Waals surface area contributed by atoms with Crippen molar-refractivity contribution in [3.8, 4) is 0 Å². The summed E-state index contributed by atoms with van der Waals surface area (Å²) < 4.78 is 10.9. The number of ether oxygens (including phenoxy) is 1. The van der Waals surface area contributed by atoms with Crippen LogP contribution >= 0.6 is 0 Å². The third kappa shape index (κ3) is 2.75. The summed E-state index contributed by atoms with van der Waals surface area (Å²) in [5, 5.41) is 4.05. The first-order valence-corrected chi connectivity index (χ1v) is 7.84. The lowest BCUT2D eigenvalue weighted by Crippen LogP contribution is -2.54. The molecule has 2 atom stereocenters. The monoisotopic (exact) mass is 313 g/mol. The van der Waals surface area contributed by atoms with Crippen molar-refractivity contribution in [2.24, 2.45) is 0 Å². The standard InChI is InChI=1S/C17H19N3O3/c1-12-7-13(18-23-12)8-19-9-15-16(10-19)22-11-17(21)20(15)14-5-3-2-4-6-14/h2-7,15-16H,8-11H2,1H3/t15-,16-/m0/s1. The number of carbonyl (C=O) groups is 1. The molecule has 2 aliphatic rings. The number of amides is 1. The van der Waals surface area contributed by atoms with E-state index in [9.17, 15) is 4.79 Å². The maximum absolute atomic E-state index is 12.4.